The van der Waals surface area contributed by atoms with Gasteiger partial charge in [0.2, 0.25) is 0 Å². The molecule has 1 aliphatic rings. The highest BCUT2D eigenvalue weighted by molar-refractivity contribution is 7.92. The number of alkyl halides is 3. The van der Waals surface area contributed by atoms with Crippen LogP contribution in [-0.4, -0.2) is 76.8 Å². The molecule has 0 spiro atoms. The molecule has 0 radical (unpaired) electrons. The van der Waals surface area contributed by atoms with Crippen LogP contribution in [-0.2, 0) is 19.9 Å². The van der Waals surface area contributed by atoms with Crippen molar-refractivity contribution >= 4 is 25.8 Å². The van der Waals surface area contributed by atoms with Gasteiger partial charge in [0.1, 0.15) is 0 Å². The lowest BCUT2D eigenvalue weighted by Gasteiger charge is -2.32. The second-order valence-corrected chi connectivity index (χ2v) is 11.7. The SMILES string of the molecule is CN=C(NCC1CCN(S(=O)(=O)C(F)(F)F)CC1)NCC(C)(C)S(C)(=O)=O. The summed E-state index contributed by atoms with van der Waals surface area (Å²) in [6, 6.07) is 0. The van der Waals surface area contributed by atoms with Crippen molar-refractivity contribution in [3.05, 3.63) is 0 Å². The van der Waals surface area contributed by atoms with E-state index in [1.54, 1.807) is 13.8 Å². The maximum absolute atomic E-state index is 12.6. The minimum absolute atomic E-state index is 0.0221. The van der Waals surface area contributed by atoms with Crippen LogP contribution in [0.4, 0.5) is 13.2 Å². The van der Waals surface area contributed by atoms with Crippen LogP contribution in [0.25, 0.3) is 0 Å². The molecule has 0 aromatic carbocycles. The van der Waals surface area contributed by atoms with Gasteiger partial charge < -0.3 is 10.6 Å². The number of nitrogens with zero attached hydrogens (tertiary/aromatic N) is 2. The number of sulfone groups is 1. The summed E-state index contributed by atoms with van der Waals surface area (Å²) in [7, 11) is -7.04. The van der Waals surface area contributed by atoms with Crippen molar-refractivity contribution in [1.82, 2.24) is 14.9 Å². The molecular formula is C14H27F3N4O4S2. The highest BCUT2D eigenvalue weighted by Crippen LogP contribution is 2.30. The number of hydrogen-bond donors (Lipinski definition) is 2. The van der Waals surface area contributed by atoms with E-state index in [1.165, 1.54) is 7.05 Å². The molecular weight excluding hydrogens is 409 g/mol. The van der Waals surface area contributed by atoms with Crippen molar-refractivity contribution in [2.24, 2.45) is 10.9 Å². The van der Waals surface area contributed by atoms with Crippen molar-refractivity contribution in [2.75, 3.05) is 39.5 Å². The number of sulfonamides is 1. The molecule has 1 fully saturated rings. The van der Waals surface area contributed by atoms with Gasteiger partial charge in [-0.15, -0.1) is 0 Å². The first kappa shape index (κ1) is 24.0. The third-order valence-corrected chi connectivity index (χ3v) is 8.45. The smallest absolute Gasteiger partial charge is 0.356 e. The van der Waals surface area contributed by atoms with E-state index in [0.29, 0.717) is 16.8 Å². The Hall–Kier alpha value is -1.08. The van der Waals surface area contributed by atoms with Gasteiger partial charge in [-0.3, -0.25) is 4.99 Å². The second kappa shape index (κ2) is 8.52. The summed E-state index contributed by atoms with van der Waals surface area (Å²) in [6.07, 6.45) is 1.72. The van der Waals surface area contributed by atoms with Gasteiger partial charge in [-0.2, -0.15) is 17.5 Å². The lowest BCUT2D eigenvalue weighted by atomic mass is 9.98. The van der Waals surface area contributed by atoms with E-state index in [1.807, 2.05) is 0 Å². The van der Waals surface area contributed by atoms with Gasteiger partial charge in [-0.25, -0.2) is 16.8 Å². The Balaban J connectivity index is 2.51. The monoisotopic (exact) mass is 436 g/mol. The molecule has 1 saturated heterocycles. The molecule has 0 aromatic rings. The lowest BCUT2D eigenvalue weighted by molar-refractivity contribution is -0.0496. The summed E-state index contributed by atoms with van der Waals surface area (Å²) in [6.45, 7) is 3.30. The average molecular weight is 437 g/mol. The fourth-order valence-electron chi connectivity index (χ4n) is 2.39. The van der Waals surface area contributed by atoms with Crippen LogP contribution in [0.2, 0.25) is 0 Å². The molecule has 13 heteroatoms. The number of guanidine groups is 1. The Labute approximate surface area is 158 Å². The third kappa shape index (κ3) is 6.21. The maximum Gasteiger partial charge on any atom is 0.511 e. The first-order valence-electron chi connectivity index (χ1n) is 8.32. The molecule has 2 N–H and O–H groups in total. The van der Waals surface area contributed by atoms with Crippen LogP contribution in [0.5, 0.6) is 0 Å². The van der Waals surface area contributed by atoms with Crippen LogP contribution in [0.1, 0.15) is 26.7 Å². The fraction of sp³-hybridized carbons (Fsp3) is 0.929. The van der Waals surface area contributed by atoms with E-state index in [4.69, 9.17) is 0 Å². The molecule has 1 heterocycles. The Bertz CT molecular complexity index is 741. The van der Waals surface area contributed by atoms with Gasteiger partial charge in [0.25, 0.3) is 0 Å². The number of halogens is 3. The first-order valence-corrected chi connectivity index (χ1v) is 11.7. The van der Waals surface area contributed by atoms with Gasteiger partial charge >= 0.3 is 15.5 Å². The van der Waals surface area contributed by atoms with Crippen LogP contribution in [0.3, 0.4) is 0 Å². The van der Waals surface area contributed by atoms with Crippen molar-refractivity contribution in [3.8, 4) is 0 Å². The molecule has 0 saturated carbocycles. The summed E-state index contributed by atoms with van der Waals surface area (Å²) >= 11 is 0. The predicted molar refractivity (Wildman–Crippen MR) is 97.6 cm³/mol. The van der Waals surface area contributed by atoms with Crippen LogP contribution >= 0.6 is 0 Å². The topological polar surface area (TPSA) is 108 Å². The number of aliphatic imine (C=N–C) groups is 1. The normalized spacial score (nSPS) is 19.1. The lowest BCUT2D eigenvalue weighted by Crippen LogP contribution is -2.49. The molecule has 0 bridgehead atoms. The van der Waals surface area contributed by atoms with Crippen molar-refractivity contribution in [2.45, 2.75) is 36.9 Å². The molecule has 0 aliphatic carbocycles. The van der Waals surface area contributed by atoms with E-state index >= 15 is 0 Å². The summed E-state index contributed by atoms with van der Waals surface area (Å²) in [4.78, 5) is 3.99. The molecule has 1 rings (SSSR count). The highest BCUT2D eigenvalue weighted by Gasteiger charge is 2.50. The van der Waals surface area contributed by atoms with Gasteiger partial charge in [-0.05, 0) is 32.6 Å². The molecule has 0 amide bonds. The van der Waals surface area contributed by atoms with Crippen molar-refractivity contribution < 1.29 is 30.0 Å². The highest BCUT2D eigenvalue weighted by atomic mass is 32.2. The van der Waals surface area contributed by atoms with E-state index in [9.17, 15) is 30.0 Å². The molecule has 160 valence electrons. The van der Waals surface area contributed by atoms with E-state index < -0.39 is 30.1 Å². The van der Waals surface area contributed by atoms with Crippen LogP contribution in [0.15, 0.2) is 4.99 Å². The molecule has 0 aromatic heterocycles. The zero-order chi connectivity index (χ0) is 21.1. The van der Waals surface area contributed by atoms with E-state index in [-0.39, 0.29) is 38.4 Å². The molecule has 0 atom stereocenters. The Morgan fingerprint density at radius 2 is 1.63 bits per heavy atom. The van der Waals surface area contributed by atoms with E-state index in [0.717, 1.165) is 6.26 Å². The van der Waals surface area contributed by atoms with Crippen LogP contribution < -0.4 is 10.6 Å². The zero-order valence-corrected chi connectivity index (χ0v) is 17.4. The largest absolute Gasteiger partial charge is 0.511 e. The molecule has 27 heavy (non-hydrogen) atoms. The van der Waals surface area contributed by atoms with Crippen molar-refractivity contribution in [1.29, 1.82) is 0 Å². The van der Waals surface area contributed by atoms with Crippen molar-refractivity contribution in [3.63, 3.8) is 0 Å². The Morgan fingerprint density at radius 3 is 2.04 bits per heavy atom. The summed E-state index contributed by atoms with van der Waals surface area (Å²) in [5.74, 6) is 0.350. The second-order valence-electron chi connectivity index (χ2n) is 7.13. The molecule has 8 nitrogen and oxygen atoms in total. The first-order chi connectivity index (χ1) is 12.1. The number of nitrogens with one attached hydrogen (secondary N) is 2. The summed E-state index contributed by atoms with van der Waals surface area (Å²) < 4.78 is 83.4. The van der Waals surface area contributed by atoms with Gasteiger partial charge in [0.15, 0.2) is 15.8 Å². The molecule has 1 aliphatic heterocycles. The fourth-order valence-corrected chi connectivity index (χ4v) is 3.71. The van der Waals surface area contributed by atoms with Gasteiger partial charge in [0.05, 0.1) is 4.75 Å². The number of piperidine rings is 1. The Morgan fingerprint density at radius 1 is 1.11 bits per heavy atom. The van der Waals surface area contributed by atoms with Crippen LogP contribution in [0, 0.1) is 5.92 Å². The average Bonchev–Trinajstić information content (AvgIpc) is 2.53. The quantitative estimate of drug-likeness (QED) is 0.465. The van der Waals surface area contributed by atoms with Gasteiger partial charge in [-0.1, -0.05) is 0 Å². The number of hydrogen-bond acceptors (Lipinski definition) is 5. The standard InChI is InChI=1S/C14H27F3N4O4S2/c1-13(2,26(4,22)23)10-20-12(18-3)19-9-11-5-7-21(8-6-11)27(24,25)14(15,16)17/h11H,5-10H2,1-4H3,(H2,18,19,20). The molecule has 0 unspecified atom stereocenters. The predicted octanol–water partition coefficient (Wildman–Crippen LogP) is 0.536. The maximum atomic E-state index is 12.6. The number of rotatable bonds is 6. The minimum atomic E-state index is -5.28. The van der Waals surface area contributed by atoms with Gasteiger partial charge in [0, 0.05) is 39.5 Å². The summed E-state index contributed by atoms with van der Waals surface area (Å²) in [5, 5.41) is 5.91. The van der Waals surface area contributed by atoms with E-state index in [2.05, 4.69) is 15.6 Å². The Kier molecular flexibility index (Phi) is 7.56. The zero-order valence-electron chi connectivity index (χ0n) is 15.8. The third-order valence-electron chi connectivity index (χ3n) is 4.67. The summed E-state index contributed by atoms with van der Waals surface area (Å²) in [5.41, 5.74) is -5.28. The minimum Gasteiger partial charge on any atom is -0.356 e.